The Morgan fingerprint density at radius 3 is 2.52 bits per heavy atom. The van der Waals surface area contributed by atoms with Crippen LogP contribution >= 0.6 is 11.8 Å². The molecule has 0 aromatic heterocycles. The Labute approximate surface area is 133 Å². The first-order valence-electron chi connectivity index (χ1n) is 7.94. The molecule has 1 aromatic carbocycles. The highest BCUT2D eigenvalue weighted by atomic mass is 32.2. The number of rotatable bonds is 8. The Kier molecular flexibility index (Phi) is 5.72. The van der Waals surface area contributed by atoms with Crippen LogP contribution in [-0.4, -0.2) is 17.3 Å². The van der Waals surface area contributed by atoms with Crippen molar-refractivity contribution in [2.45, 2.75) is 68.8 Å². The van der Waals surface area contributed by atoms with Gasteiger partial charge in [-0.2, -0.15) is 5.26 Å². The van der Waals surface area contributed by atoms with Crippen LogP contribution in [0.5, 0.6) is 0 Å². The number of nitrogens with one attached hydrogen (secondary N) is 1. The van der Waals surface area contributed by atoms with Crippen LogP contribution in [0.4, 0.5) is 0 Å². The molecule has 0 radical (unpaired) electrons. The van der Waals surface area contributed by atoms with Gasteiger partial charge in [-0.1, -0.05) is 26.0 Å². The zero-order valence-corrected chi connectivity index (χ0v) is 14.2. The van der Waals surface area contributed by atoms with Gasteiger partial charge in [0.1, 0.15) is 5.54 Å². The molecule has 21 heavy (non-hydrogen) atoms. The summed E-state index contributed by atoms with van der Waals surface area (Å²) in [5.41, 5.74) is 1.05. The number of benzene rings is 1. The molecular formula is C18H26N2S. The molecule has 1 aliphatic carbocycles. The van der Waals surface area contributed by atoms with Crippen LogP contribution in [0.25, 0.3) is 0 Å². The van der Waals surface area contributed by atoms with Gasteiger partial charge in [0, 0.05) is 10.9 Å². The number of hydrogen-bond donors (Lipinski definition) is 1. The molecule has 0 bridgehead atoms. The van der Waals surface area contributed by atoms with Gasteiger partial charge in [-0.3, -0.25) is 5.32 Å². The summed E-state index contributed by atoms with van der Waals surface area (Å²) in [6.45, 7) is 6.48. The molecule has 0 aliphatic heterocycles. The van der Waals surface area contributed by atoms with Gasteiger partial charge in [0.2, 0.25) is 0 Å². The first-order chi connectivity index (χ1) is 10.0. The minimum absolute atomic E-state index is 0.344. The van der Waals surface area contributed by atoms with E-state index in [-0.39, 0.29) is 5.54 Å². The van der Waals surface area contributed by atoms with Crippen LogP contribution < -0.4 is 5.32 Å². The topological polar surface area (TPSA) is 35.8 Å². The number of nitrogens with zero attached hydrogens (tertiary/aromatic N) is 1. The fourth-order valence-electron chi connectivity index (χ4n) is 2.40. The zero-order chi connectivity index (χ0) is 15.3. The van der Waals surface area contributed by atoms with Crippen molar-refractivity contribution in [2.24, 2.45) is 0 Å². The Morgan fingerprint density at radius 2 is 2.00 bits per heavy atom. The quantitative estimate of drug-likeness (QED) is 0.557. The van der Waals surface area contributed by atoms with Gasteiger partial charge in [0.05, 0.1) is 6.07 Å². The minimum atomic E-state index is -0.344. The molecule has 0 saturated heterocycles. The molecule has 114 valence electrons. The van der Waals surface area contributed by atoms with Gasteiger partial charge in [-0.15, -0.1) is 11.8 Å². The van der Waals surface area contributed by atoms with Gasteiger partial charge in [0.25, 0.3) is 0 Å². The minimum Gasteiger partial charge on any atom is -0.297 e. The van der Waals surface area contributed by atoms with Crippen molar-refractivity contribution in [2.75, 3.05) is 5.75 Å². The lowest BCUT2D eigenvalue weighted by Gasteiger charge is -2.23. The van der Waals surface area contributed by atoms with Gasteiger partial charge in [-0.05, 0) is 62.0 Å². The third kappa shape index (κ3) is 5.37. The maximum Gasteiger partial charge on any atom is 0.104 e. The van der Waals surface area contributed by atoms with Crippen molar-refractivity contribution in [1.29, 1.82) is 5.26 Å². The van der Waals surface area contributed by atoms with E-state index in [1.54, 1.807) is 0 Å². The first kappa shape index (κ1) is 16.4. The van der Waals surface area contributed by atoms with Gasteiger partial charge < -0.3 is 0 Å². The van der Waals surface area contributed by atoms with E-state index in [9.17, 15) is 5.26 Å². The third-order valence-corrected chi connectivity index (χ3v) is 5.08. The summed E-state index contributed by atoms with van der Waals surface area (Å²) in [7, 11) is 0. The first-order valence-corrected chi connectivity index (χ1v) is 8.93. The summed E-state index contributed by atoms with van der Waals surface area (Å²) in [5.74, 6) is 1.67. The Morgan fingerprint density at radius 1 is 1.33 bits per heavy atom. The van der Waals surface area contributed by atoms with Crippen LogP contribution in [0.15, 0.2) is 29.2 Å². The summed E-state index contributed by atoms with van der Waals surface area (Å²) in [6.07, 6.45) is 4.46. The predicted molar refractivity (Wildman–Crippen MR) is 90.7 cm³/mol. The van der Waals surface area contributed by atoms with Crippen LogP contribution in [0.1, 0.15) is 57.9 Å². The monoisotopic (exact) mass is 302 g/mol. The second kappa shape index (κ2) is 7.33. The van der Waals surface area contributed by atoms with Gasteiger partial charge in [-0.25, -0.2) is 0 Å². The lowest BCUT2D eigenvalue weighted by Crippen LogP contribution is -2.42. The molecule has 1 unspecified atom stereocenters. The Balaban J connectivity index is 1.72. The number of nitriles is 1. The maximum absolute atomic E-state index is 9.34. The summed E-state index contributed by atoms with van der Waals surface area (Å²) in [5, 5.41) is 12.8. The normalized spacial score (nSPS) is 17.5. The van der Waals surface area contributed by atoms with E-state index in [1.165, 1.54) is 23.3 Å². The van der Waals surface area contributed by atoms with Gasteiger partial charge >= 0.3 is 0 Å². The van der Waals surface area contributed by atoms with Crippen molar-refractivity contribution >= 4 is 11.8 Å². The van der Waals surface area contributed by atoms with Gasteiger partial charge in [0.15, 0.2) is 0 Å². The van der Waals surface area contributed by atoms with Crippen molar-refractivity contribution in [3.8, 4) is 6.07 Å². The molecule has 3 heteroatoms. The van der Waals surface area contributed by atoms with Crippen LogP contribution in [0.3, 0.4) is 0 Å². The molecule has 1 N–H and O–H groups in total. The smallest absolute Gasteiger partial charge is 0.104 e. The van der Waals surface area contributed by atoms with E-state index in [1.807, 2.05) is 18.7 Å². The van der Waals surface area contributed by atoms with Crippen molar-refractivity contribution < 1.29 is 0 Å². The average molecular weight is 302 g/mol. The highest BCUT2D eigenvalue weighted by molar-refractivity contribution is 7.99. The highest BCUT2D eigenvalue weighted by Crippen LogP contribution is 2.26. The second-order valence-corrected chi connectivity index (χ2v) is 7.71. The number of thioether (sulfide) groups is 1. The third-order valence-electron chi connectivity index (χ3n) is 3.98. The molecule has 1 aromatic rings. The highest BCUT2D eigenvalue weighted by Gasteiger charge is 2.31. The largest absolute Gasteiger partial charge is 0.297 e. The van der Waals surface area contributed by atoms with Crippen LogP contribution in [0.2, 0.25) is 0 Å². The van der Waals surface area contributed by atoms with Crippen molar-refractivity contribution in [1.82, 2.24) is 5.32 Å². The molecule has 1 aliphatic rings. The van der Waals surface area contributed by atoms with E-state index in [2.05, 4.69) is 49.5 Å². The van der Waals surface area contributed by atoms with Crippen LogP contribution in [-0.2, 0) is 0 Å². The van der Waals surface area contributed by atoms with E-state index in [4.69, 9.17) is 0 Å². The lowest BCUT2D eigenvalue weighted by atomic mass is 9.98. The molecule has 1 atom stereocenters. The van der Waals surface area contributed by atoms with Crippen LogP contribution in [0, 0.1) is 11.3 Å². The van der Waals surface area contributed by atoms with E-state index >= 15 is 0 Å². The summed E-state index contributed by atoms with van der Waals surface area (Å²) in [6, 6.07) is 11.9. The molecular weight excluding hydrogens is 276 g/mol. The van der Waals surface area contributed by atoms with E-state index < -0.39 is 0 Å². The Hall–Kier alpha value is -0.980. The Bertz CT molecular complexity index is 485. The zero-order valence-electron chi connectivity index (χ0n) is 13.4. The summed E-state index contributed by atoms with van der Waals surface area (Å²) in [4.78, 5) is 1.33. The predicted octanol–water partition coefficient (Wildman–Crippen LogP) is 4.72. The maximum atomic E-state index is 9.34. The van der Waals surface area contributed by atoms with Crippen molar-refractivity contribution in [3.05, 3.63) is 29.8 Å². The second-order valence-electron chi connectivity index (χ2n) is 6.54. The average Bonchev–Trinajstić information content (AvgIpc) is 3.28. The molecule has 0 spiro atoms. The molecule has 1 saturated carbocycles. The summed E-state index contributed by atoms with van der Waals surface area (Å²) >= 11 is 1.89. The SMILES string of the molecule is CC(C)c1ccc(SCCCC(C)(C#N)NC2CC2)cc1. The molecule has 2 rings (SSSR count). The molecule has 0 heterocycles. The van der Waals surface area contributed by atoms with E-state index in [0.717, 1.165) is 18.6 Å². The lowest BCUT2D eigenvalue weighted by molar-refractivity contribution is 0.412. The molecule has 1 fully saturated rings. The fourth-order valence-corrected chi connectivity index (χ4v) is 3.26. The van der Waals surface area contributed by atoms with E-state index in [0.29, 0.717) is 12.0 Å². The summed E-state index contributed by atoms with van der Waals surface area (Å²) < 4.78 is 0. The fraction of sp³-hybridized carbons (Fsp3) is 0.611. The standard InChI is InChI=1S/C18H26N2S/c1-14(2)15-5-9-17(10-6-15)21-12-4-11-18(3,13-19)20-16-7-8-16/h5-6,9-10,14,16,20H,4,7-8,11-12H2,1-3H3. The molecule has 2 nitrogen and oxygen atoms in total. The molecule has 0 amide bonds. The van der Waals surface area contributed by atoms with Crippen molar-refractivity contribution in [3.63, 3.8) is 0 Å². The number of hydrogen-bond acceptors (Lipinski definition) is 3.